The summed E-state index contributed by atoms with van der Waals surface area (Å²) in [5, 5.41) is 12.7. The van der Waals surface area contributed by atoms with Gasteiger partial charge in [0, 0.05) is 15.0 Å². The molecule has 0 radical (unpaired) electrons. The minimum absolute atomic E-state index is 0.0883. The number of aromatic nitrogens is 1. The summed E-state index contributed by atoms with van der Waals surface area (Å²) in [4.78, 5) is 17.1. The van der Waals surface area contributed by atoms with Gasteiger partial charge in [-0.25, -0.2) is 4.98 Å². The summed E-state index contributed by atoms with van der Waals surface area (Å²) in [6, 6.07) is 11.9. The molecule has 1 aliphatic rings. The van der Waals surface area contributed by atoms with Crippen molar-refractivity contribution in [3.05, 3.63) is 50.7 Å². The summed E-state index contributed by atoms with van der Waals surface area (Å²) in [6.45, 7) is 1.84. The highest BCUT2D eigenvalue weighted by Crippen LogP contribution is 2.30. The number of nitriles is 1. The molecule has 2 aromatic rings. The van der Waals surface area contributed by atoms with Gasteiger partial charge in [-0.3, -0.25) is 4.79 Å². The van der Waals surface area contributed by atoms with Crippen molar-refractivity contribution in [2.75, 3.05) is 5.32 Å². The molecule has 6 heteroatoms. The van der Waals surface area contributed by atoms with Crippen LogP contribution in [0.25, 0.3) is 0 Å². The van der Waals surface area contributed by atoms with Gasteiger partial charge >= 0.3 is 0 Å². The van der Waals surface area contributed by atoms with Gasteiger partial charge in [-0.2, -0.15) is 5.26 Å². The first kappa shape index (κ1) is 18.2. The molecule has 0 saturated heterocycles. The Bertz CT molecular complexity index is 830. The molecule has 1 amide bonds. The first-order chi connectivity index (χ1) is 12.1. The summed E-state index contributed by atoms with van der Waals surface area (Å²) in [5.74, 6) is -0.0883. The molecule has 1 unspecified atom stereocenters. The maximum atomic E-state index is 12.4. The molecule has 0 saturated carbocycles. The molecule has 3 rings (SSSR count). The van der Waals surface area contributed by atoms with Crippen LogP contribution in [0.15, 0.2) is 35.4 Å². The van der Waals surface area contributed by atoms with Gasteiger partial charge in [-0.1, -0.05) is 11.8 Å². The Hall–Kier alpha value is -1.59. The number of hydrogen-bond donors (Lipinski definition) is 1. The third kappa shape index (κ3) is 4.53. The average molecular weight is 463 g/mol. The van der Waals surface area contributed by atoms with E-state index >= 15 is 0 Å². The van der Waals surface area contributed by atoms with Crippen molar-refractivity contribution in [3.8, 4) is 6.07 Å². The summed E-state index contributed by atoms with van der Waals surface area (Å²) in [6.07, 6.45) is 4.24. The third-order valence-electron chi connectivity index (χ3n) is 4.16. The number of benzene rings is 1. The molecule has 0 spiro atoms. The third-order valence-corrected chi connectivity index (χ3v) is 5.98. The lowest BCUT2D eigenvalue weighted by Gasteiger charge is -2.18. The Morgan fingerprint density at radius 1 is 1.32 bits per heavy atom. The Morgan fingerprint density at radius 2 is 2.04 bits per heavy atom. The number of aryl methyl sites for hydroxylation is 2. The van der Waals surface area contributed by atoms with Crippen LogP contribution in [0.2, 0.25) is 0 Å². The standard InChI is InChI=1S/C19H18IN3OS/c1-12(18(24)22-16-8-6-15(20)7-9-16)25-19-14(11-21)10-13-4-2-3-5-17(13)23-19/h6-10,12H,2-5H2,1H3,(H,22,24). The van der Waals surface area contributed by atoms with Crippen LogP contribution < -0.4 is 5.32 Å². The number of pyridine rings is 1. The molecule has 1 aromatic carbocycles. The van der Waals surface area contributed by atoms with E-state index in [2.05, 4.69) is 39.0 Å². The molecule has 0 fully saturated rings. The second kappa shape index (κ2) is 8.19. The van der Waals surface area contributed by atoms with Crippen molar-refractivity contribution in [3.63, 3.8) is 0 Å². The predicted octanol–water partition coefficient (Wildman–Crippen LogP) is 4.56. The number of carbonyl (C=O) groups is 1. The first-order valence-electron chi connectivity index (χ1n) is 8.23. The van der Waals surface area contributed by atoms with Crippen LogP contribution in [0.3, 0.4) is 0 Å². The van der Waals surface area contributed by atoms with Crippen molar-refractivity contribution >= 4 is 45.9 Å². The van der Waals surface area contributed by atoms with Gasteiger partial charge in [-0.15, -0.1) is 0 Å². The van der Waals surface area contributed by atoms with Crippen LogP contribution in [0.4, 0.5) is 5.69 Å². The van der Waals surface area contributed by atoms with Gasteiger partial charge in [0.1, 0.15) is 11.1 Å². The number of nitrogens with zero attached hydrogens (tertiary/aromatic N) is 2. The van der Waals surface area contributed by atoms with Gasteiger partial charge in [0.15, 0.2) is 0 Å². The van der Waals surface area contributed by atoms with Crippen molar-refractivity contribution in [2.24, 2.45) is 0 Å². The maximum Gasteiger partial charge on any atom is 0.237 e. The van der Waals surface area contributed by atoms with Gasteiger partial charge in [0.05, 0.1) is 10.8 Å². The monoisotopic (exact) mass is 463 g/mol. The van der Waals surface area contributed by atoms with E-state index in [1.54, 1.807) is 0 Å². The Labute approximate surface area is 165 Å². The Morgan fingerprint density at radius 3 is 2.76 bits per heavy atom. The largest absolute Gasteiger partial charge is 0.325 e. The number of halogens is 1. The number of rotatable bonds is 4. The topological polar surface area (TPSA) is 65.8 Å². The van der Waals surface area contributed by atoms with E-state index in [0.29, 0.717) is 10.6 Å². The Kier molecular flexibility index (Phi) is 5.97. The summed E-state index contributed by atoms with van der Waals surface area (Å²) in [5.41, 5.74) is 3.61. The number of thioether (sulfide) groups is 1. The molecule has 1 aromatic heterocycles. The fourth-order valence-electron chi connectivity index (χ4n) is 2.78. The molecule has 25 heavy (non-hydrogen) atoms. The van der Waals surface area contributed by atoms with Crippen LogP contribution >= 0.6 is 34.4 Å². The zero-order valence-corrected chi connectivity index (χ0v) is 16.9. The number of carbonyl (C=O) groups excluding carboxylic acids is 1. The van der Waals surface area contributed by atoms with E-state index in [9.17, 15) is 10.1 Å². The number of anilines is 1. The first-order valence-corrected chi connectivity index (χ1v) is 10.2. The highest BCUT2D eigenvalue weighted by Gasteiger charge is 2.20. The van der Waals surface area contributed by atoms with E-state index < -0.39 is 0 Å². The van der Waals surface area contributed by atoms with Gasteiger partial charge in [0.2, 0.25) is 5.91 Å². The van der Waals surface area contributed by atoms with Crippen LogP contribution in [-0.4, -0.2) is 16.1 Å². The average Bonchev–Trinajstić information content (AvgIpc) is 2.63. The molecule has 0 bridgehead atoms. The highest BCUT2D eigenvalue weighted by molar-refractivity contribution is 14.1. The number of nitrogens with one attached hydrogen (secondary N) is 1. The van der Waals surface area contributed by atoms with Crippen LogP contribution in [0.1, 0.15) is 36.6 Å². The van der Waals surface area contributed by atoms with E-state index in [4.69, 9.17) is 0 Å². The van der Waals surface area contributed by atoms with Gasteiger partial charge < -0.3 is 5.32 Å². The van der Waals surface area contributed by atoms with E-state index in [1.807, 2.05) is 37.3 Å². The van der Waals surface area contributed by atoms with Gasteiger partial charge in [0.25, 0.3) is 0 Å². The number of amides is 1. The molecule has 4 nitrogen and oxygen atoms in total. The minimum atomic E-state index is -0.333. The lowest BCUT2D eigenvalue weighted by atomic mass is 9.95. The van der Waals surface area contributed by atoms with Crippen LogP contribution in [0, 0.1) is 14.9 Å². The molecule has 0 aliphatic heterocycles. The molecule has 1 atom stereocenters. The summed E-state index contributed by atoms with van der Waals surface area (Å²) in [7, 11) is 0. The van der Waals surface area contributed by atoms with Crippen molar-refractivity contribution in [1.29, 1.82) is 5.26 Å². The normalized spacial score (nSPS) is 14.3. The fraction of sp³-hybridized carbons (Fsp3) is 0.316. The zero-order chi connectivity index (χ0) is 17.8. The van der Waals surface area contributed by atoms with E-state index in [1.165, 1.54) is 17.3 Å². The molecular formula is C19H18IN3OS. The quantitative estimate of drug-likeness (QED) is 0.534. The Balaban J connectivity index is 1.73. The second-order valence-corrected chi connectivity index (χ2v) is 8.60. The van der Waals surface area contributed by atoms with Gasteiger partial charge in [-0.05, 0) is 91.1 Å². The minimum Gasteiger partial charge on any atom is -0.325 e. The summed E-state index contributed by atoms with van der Waals surface area (Å²) < 4.78 is 1.12. The second-order valence-electron chi connectivity index (χ2n) is 6.02. The molecule has 1 heterocycles. The molecule has 128 valence electrons. The van der Waals surface area contributed by atoms with E-state index in [0.717, 1.165) is 40.6 Å². The SMILES string of the molecule is CC(Sc1nc2c(cc1C#N)CCCC2)C(=O)Nc1ccc(I)cc1. The number of hydrogen-bond acceptors (Lipinski definition) is 4. The molecular weight excluding hydrogens is 445 g/mol. The maximum absolute atomic E-state index is 12.4. The van der Waals surface area contributed by atoms with Crippen molar-refractivity contribution < 1.29 is 4.79 Å². The lowest BCUT2D eigenvalue weighted by Crippen LogP contribution is -2.22. The predicted molar refractivity (Wildman–Crippen MR) is 109 cm³/mol. The zero-order valence-electron chi connectivity index (χ0n) is 13.9. The fourth-order valence-corrected chi connectivity index (χ4v) is 4.04. The van der Waals surface area contributed by atoms with Crippen LogP contribution in [0.5, 0.6) is 0 Å². The number of fused-ring (bicyclic) bond motifs is 1. The lowest BCUT2D eigenvalue weighted by molar-refractivity contribution is -0.115. The van der Waals surface area contributed by atoms with Crippen molar-refractivity contribution in [1.82, 2.24) is 4.98 Å². The summed E-state index contributed by atoms with van der Waals surface area (Å²) >= 11 is 3.58. The van der Waals surface area contributed by atoms with Crippen LogP contribution in [-0.2, 0) is 17.6 Å². The smallest absolute Gasteiger partial charge is 0.237 e. The van der Waals surface area contributed by atoms with E-state index in [-0.39, 0.29) is 11.2 Å². The highest BCUT2D eigenvalue weighted by atomic mass is 127. The molecule has 1 aliphatic carbocycles. The molecule has 1 N–H and O–H groups in total. The van der Waals surface area contributed by atoms with Crippen molar-refractivity contribution in [2.45, 2.75) is 42.9 Å².